The summed E-state index contributed by atoms with van der Waals surface area (Å²) in [5.74, 6) is 1.02. The fraction of sp³-hybridized carbons (Fsp3) is 0.467. The number of aryl methyl sites for hydroxylation is 1. The van der Waals surface area contributed by atoms with Gasteiger partial charge in [-0.3, -0.25) is 0 Å². The van der Waals surface area contributed by atoms with Crippen molar-refractivity contribution in [2.75, 3.05) is 11.9 Å². The molecular weight excluding hydrogens is 268 g/mol. The molecular formula is C15H20N4S. The summed E-state index contributed by atoms with van der Waals surface area (Å²) >= 11 is 1.63. The highest BCUT2D eigenvalue weighted by Gasteiger charge is 2.20. The lowest BCUT2D eigenvalue weighted by Gasteiger charge is -2.18. The molecule has 1 aliphatic carbocycles. The molecule has 0 radical (unpaired) electrons. The summed E-state index contributed by atoms with van der Waals surface area (Å²) in [6, 6.07) is 5.07. The average molecular weight is 288 g/mol. The van der Waals surface area contributed by atoms with Gasteiger partial charge < -0.3 is 10.2 Å². The fourth-order valence-electron chi connectivity index (χ4n) is 2.21. The van der Waals surface area contributed by atoms with Crippen LogP contribution in [0.1, 0.15) is 29.8 Å². The van der Waals surface area contributed by atoms with Crippen LogP contribution in [0.25, 0.3) is 0 Å². The van der Waals surface area contributed by atoms with Gasteiger partial charge in [-0.1, -0.05) is 0 Å². The SMILES string of the molecule is Cc1cc(CNC2CC2)cc(N(C)Cc2cscn2)n1. The van der Waals surface area contributed by atoms with Crippen molar-refractivity contribution in [2.45, 2.75) is 38.9 Å². The maximum Gasteiger partial charge on any atom is 0.129 e. The lowest BCUT2D eigenvalue weighted by atomic mass is 10.2. The molecule has 0 saturated heterocycles. The minimum absolute atomic E-state index is 0.736. The van der Waals surface area contributed by atoms with Crippen molar-refractivity contribution in [3.63, 3.8) is 0 Å². The number of hydrogen-bond donors (Lipinski definition) is 1. The quantitative estimate of drug-likeness (QED) is 0.887. The first-order valence-electron chi connectivity index (χ1n) is 7.00. The second-order valence-corrected chi connectivity index (χ2v) is 6.18. The Morgan fingerprint density at radius 2 is 2.25 bits per heavy atom. The highest BCUT2D eigenvalue weighted by molar-refractivity contribution is 7.07. The van der Waals surface area contributed by atoms with Gasteiger partial charge in [0.15, 0.2) is 0 Å². The second kappa shape index (κ2) is 5.89. The summed E-state index contributed by atoms with van der Waals surface area (Å²) in [7, 11) is 2.07. The summed E-state index contributed by atoms with van der Waals surface area (Å²) < 4.78 is 0. The number of nitrogens with zero attached hydrogens (tertiary/aromatic N) is 3. The van der Waals surface area contributed by atoms with Gasteiger partial charge in [-0.2, -0.15) is 0 Å². The third-order valence-corrected chi connectivity index (χ3v) is 4.08. The van der Waals surface area contributed by atoms with Gasteiger partial charge in [0, 0.05) is 30.7 Å². The Hall–Kier alpha value is -1.46. The summed E-state index contributed by atoms with van der Waals surface area (Å²) in [5, 5.41) is 5.64. The zero-order valence-corrected chi connectivity index (χ0v) is 12.8. The highest BCUT2D eigenvalue weighted by Crippen LogP contribution is 2.21. The van der Waals surface area contributed by atoms with Crippen LogP contribution < -0.4 is 10.2 Å². The van der Waals surface area contributed by atoms with Crippen molar-refractivity contribution in [3.8, 4) is 0 Å². The minimum atomic E-state index is 0.736. The lowest BCUT2D eigenvalue weighted by Crippen LogP contribution is -2.20. The molecule has 1 fully saturated rings. The van der Waals surface area contributed by atoms with E-state index in [4.69, 9.17) is 0 Å². The molecule has 0 aromatic carbocycles. The van der Waals surface area contributed by atoms with Crippen molar-refractivity contribution < 1.29 is 0 Å². The molecule has 5 heteroatoms. The van der Waals surface area contributed by atoms with Crippen LogP contribution in [0.2, 0.25) is 0 Å². The van der Waals surface area contributed by atoms with E-state index in [0.29, 0.717) is 0 Å². The first-order chi connectivity index (χ1) is 9.70. The molecule has 20 heavy (non-hydrogen) atoms. The van der Waals surface area contributed by atoms with E-state index in [0.717, 1.165) is 36.3 Å². The predicted octanol–water partition coefficient (Wildman–Crippen LogP) is 2.73. The van der Waals surface area contributed by atoms with Crippen molar-refractivity contribution in [1.29, 1.82) is 0 Å². The van der Waals surface area contributed by atoms with Crippen LogP contribution in [0.4, 0.5) is 5.82 Å². The second-order valence-electron chi connectivity index (χ2n) is 5.47. The molecule has 2 aromatic rings. The van der Waals surface area contributed by atoms with E-state index in [2.05, 4.69) is 51.7 Å². The van der Waals surface area contributed by atoms with Gasteiger partial charge >= 0.3 is 0 Å². The number of aromatic nitrogens is 2. The summed E-state index contributed by atoms with van der Waals surface area (Å²) in [6.07, 6.45) is 2.64. The number of nitrogens with one attached hydrogen (secondary N) is 1. The molecule has 4 nitrogen and oxygen atoms in total. The molecule has 0 amide bonds. The Bertz CT molecular complexity index is 563. The number of hydrogen-bond acceptors (Lipinski definition) is 5. The zero-order chi connectivity index (χ0) is 13.9. The van der Waals surface area contributed by atoms with E-state index >= 15 is 0 Å². The van der Waals surface area contributed by atoms with Crippen LogP contribution in [0.5, 0.6) is 0 Å². The summed E-state index contributed by atoms with van der Waals surface area (Å²) in [4.78, 5) is 11.1. The summed E-state index contributed by atoms with van der Waals surface area (Å²) in [5.41, 5.74) is 5.35. The van der Waals surface area contributed by atoms with E-state index in [1.807, 2.05) is 5.51 Å². The zero-order valence-electron chi connectivity index (χ0n) is 12.0. The van der Waals surface area contributed by atoms with Crippen molar-refractivity contribution in [3.05, 3.63) is 40.0 Å². The van der Waals surface area contributed by atoms with E-state index in [9.17, 15) is 0 Å². The topological polar surface area (TPSA) is 41.0 Å². The van der Waals surface area contributed by atoms with Crippen LogP contribution in [0, 0.1) is 6.92 Å². The van der Waals surface area contributed by atoms with E-state index in [1.54, 1.807) is 11.3 Å². The molecule has 0 bridgehead atoms. The molecule has 0 aliphatic heterocycles. The van der Waals surface area contributed by atoms with Crippen LogP contribution in [-0.2, 0) is 13.1 Å². The molecule has 106 valence electrons. The highest BCUT2D eigenvalue weighted by atomic mass is 32.1. The third kappa shape index (κ3) is 3.55. The van der Waals surface area contributed by atoms with Crippen LogP contribution in [0.15, 0.2) is 23.0 Å². The van der Waals surface area contributed by atoms with Gasteiger partial charge in [0.2, 0.25) is 0 Å². The van der Waals surface area contributed by atoms with Gasteiger partial charge in [-0.25, -0.2) is 9.97 Å². The van der Waals surface area contributed by atoms with Gasteiger partial charge in [-0.05, 0) is 37.5 Å². The molecule has 0 spiro atoms. The maximum absolute atomic E-state index is 4.63. The predicted molar refractivity (Wildman–Crippen MR) is 83.1 cm³/mol. The van der Waals surface area contributed by atoms with Gasteiger partial charge in [-0.15, -0.1) is 11.3 Å². The van der Waals surface area contributed by atoms with Crippen molar-refractivity contribution >= 4 is 17.2 Å². The normalized spacial score (nSPS) is 14.5. The Kier molecular flexibility index (Phi) is 3.98. The van der Waals surface area contributed by atoms with Gasteiger partial charge in [0.1, 0.15) is 5.82 Å². The standard InChI is InChI=1S/C15H20N4S/c1-11-5-12(7-16-13-3-4-13)6-15(18-11)19(2)8-14-9-20-10-17-14/h5-6,9-10,13,16H,3-4,7-8H2,1-2H3. The molecule has 3 rings (SSSR count). The van der Waals surface area contributed by atoms with Gasteiger partial charge in [0.05, 0.1) is 17.7 Å². The van der Waals surface area contributed by atoms with Crippen LogP contribution >= 0.6 is 11.3 Å². The molecule has 1 saturated carbocycles. The average Bonchev–Trinajstić information content (AvgIpc) is 3.12. The molecule has 2 heterocycles. The van der Waals surface area contributed by atoms with Crippen molar-refractivity contribution in [2.24, 2.45) is 0 Å². The van der Waals surface area contributed by atoms with Crippen LogP contribution in [0.3, 0.4) is 0 Å². The van der Waals surface area contributed by atoms with E-state index in [-0.39, 0.29) is 0 Å². The first kappa shape index (κ1) is 13.5. The molecule has 1 aliphatic rings. The van der Waals surface area contributed by atoms with Crippen molar-refractivity contribution in [1.82, 2.24) is 15.3 Å². The molecule has 2 aromatic heterocycles. The number of pyridine rings is 1. The largest absolute Gasteiger partial charge is 0.354 e. The number of thiazole rings is 1. The smallest absolute Gasteiger partial charge is 0.129 e. The molecule has 0 unspecified atom stereocenters. The fourth-order valence-corrected chi connectivity index (χ4v) is 2.76. The summed E-state index contributed by atoms with van der Waals surface area (Å²) in [6.45, 7) is 3.79. The first-order valence-corrected chi connectivity index (χ1v) is 7.94. The minimum Gasteiger partial charge on any atom is -0.354 e. The lowest BCUT2D eigenvalue weighted by molar-refractivity contribution is 0.686. The third-order valence-electron chi connectivity index (χ3n) is 3.45. The van der Waals surface area contributed by atoms with E-state index < -0.39 is 0 Å². The Morgan fingerprint density at radius 3 is 2.95 bits per heavy atom. The monoisotopic (exact) mass is 288 g/mol. The Labute approximate surface area is 123 Å². The maximum atomic E-state index is 4.63. The Balaban J connectivity index is 1.70. The number of rotatable bonds is 6. The van der Waals surface area contributed by atoms with E-state index in [1.165, 1.54) is 18.4 Å². The van der Waals surface area contributed by atoms with Crippen LogP contribution in [-0.4, -0.2) is 23.1 Å². The molecule has 1 N–H and O–H groups in total. The Morgan fingerprint density at radius 1 is 1.40 bits per heavy atom. The van der Waals surface area contributed by atoms with Gasteiger partial charge in [0.25, 0.3) is 0 Å². The number of anilines is 1. The molecule has 0 atom stereocenters.